The first kappa shape index (κ1) is 20.0. The predicted octanol–water partition coefficient (Wildman–Crippen LogP) is 4.27. The molecule has 152 valence electrons. The van der Waals surface area contributed by atoms with Crippen LogP contribution in [0.3, 0.4) is 0 Å². The topological polar surface area (TPSA) is 53.7 Å². The number of benzene rings is 2. The molecule has 2 aliphatic heterocycles. The van der Waals surface area contributed by atoms with Gasteiger partial charge in [-0.15, -0.1) is 0 Å². The van der Waals surface area contributed by atoms with Gasteiger partial charge in [0.1, 0.15) is 24.4 Å². The lowest BCUT2D eigenvalue weighted by atomic mass is 10.1. The SMILES string of the molecule is CCC1=NC2=CC(Cl)=C[N+]2=C1C(=O)NCc1ccc(OCc2ccc(F)cc2)cc1. The van der Waals surface area contributed by atoms with Crippen LogP contribution in [0.15, 0.2) is 76.7 Å². The Morgan fingerprint density at radius 3 is 2.53 bits per heavy atom. The van der Waals surface area contributed by atoms with Gasteiger partial charge in [-0.25, -0.2) is 4.39 Å². The predicted molar refractivity (Wildman–Crippen MR) is 114 cm³/mol. The molecule has 1 N–H and O–H groups in total. The molecule has 0 radical (unpaired) electrons. The van der Waals surface area contributed by atoms with Gasteiger partial charge >= 0.3 is 5.82 Å². The fourth-order valence-electron chi connectivity index (χ4n) is 3.22. The number of carbonyl (C=O) groups excluding carboxylic acids is 1. The first-order chi connectivity index (χ1) is 14.5. The van der Waals surface area contributed by atoms with Gasteiger partial charge in [0.25, 0.3) is 5.91 Å². The highest BCUT2D eigenvalue weighted by Crippen LogP contribution is 2.24. The standard InChI is InChI=1S/C23H19ClFN3O2/c1-2-20-22(28-13-17(24)11-21(28)27-20)23(29)26-12-15-5-9-19(10-6-15)30-14-16-3-7-18(25)8-4-16/h3-11,13H,2,12,14H2,1H3/p+1. The Bertz CT molecular complexity index is 1100. The smallest absolute Gasteiger partial charge is 0.330 e. The van der Waals surface area contributed by atoms with E-state index in [9.17, 15) is 9.18 Å². The van der Waals surface area contributed by atoms with E-state index in [1.807, 2.05) is 31.2 Å². The molecule has 2 aliphatic rings. The van der Waals surface area contributed by atoms with Crippen LogP contribution in [0.25, 0.3) is 0 Å². The molecule has 5 nitrogen and oxygen atoms in total. The number of halogens is 2. The molecule has 0 saturated carbocycles. The van der Waals surface area contributed by atoms with Crippen molar-refractivity contribution in [2.24, 2.45) is 4.99 Å². The number of amides is 1. The number of rotatable bonds is 7. The highest BCUT2D eigenvalue weighted by molar-refractivity contribution is 6.66. The summed E-state index contributed by atoms with van der Waals surface area (Å²) in [5.74, 6) is 0.906. The second-order valence-electron chi connectivity index (χ2n) is 6.89. The van der Waals surface area contributed by atoms with Crippen molar-refractivity contribution in [1.82, 2.24) is 5.32 Å². The van der Waals surface area contributed by atoms with Crippen molar-refractivity contribution in [2.75, 3.05) is 0 Å². The van der Waals surface area contributed by atoms with Crippen LogP contribution in [0, 0.1) is 5.82 Å². The quantitative estimate of drug-likeness (QED) is 0.675. The lowest BCUT2D eigenvalue weighted by molar-refractivity contribution is -0.391. The van der Waals surface area contributed by atoms with E-state index in [1.54, 1.807) is 29.0 Å². The molecule has 0 saturated heterocycles. The minimum atomic E-state index is -0.269. The molecule has 30 heavy (non-hydrogen) atoms. The van der Waals surface area contributed by atoms with Crippen LogP contribution in [-0.4, -0.2) is 21.9 Å². The molecule has 7 heteroatoms. The Balaban J connectivity index is 1.35. The fourth-order valence-corrected chi connectivity index (χ4v) is 3.41. The Hall–Kier alpha value is -3.25. The Kier molecular flexibility index (Phi) is 5.77. The van der Waals surface area contributed by atoms with Crippen LogP contribution in [0.2, 0.25) is 0 Å². The molecule has 0 spiro atoms. The number of allylic oxidation sites excluding steroid dienone is 2. The van der Waals surface area contributed by atoms with E-state index in [1.165, 1.54) is 12.1 Å². The molecule has 4 rings (SSSR count). The van der Waals surface area contributed by atoms with Crippen LogP contribution in [0.4, 0.5) is 4.39 Å². The molecule has 2 aromatic rings. The summed E-state index contributed by atoms with van der Waals surface area (Å²) in [4.78, 5) is 17.2. The lowest BCUT2D eigenvalue weighted by Crippen LogP contribution is -2.37. The molecule has 0 aromatic heterocycles. The van der Waals surface area contributed by atoms with Gasteiger partial charge in [-0.05, 0) is 40.4 Å². The number of nitrogens with zero attached hydrogens (tertiary/aromatic N) is 2. The number of ether oxygens (including phenoxy) is 1. The third-order valence-corrected chi connectivity index (χ3v) is 4.98. The maximum Gasteiger partial charge on any atom is 0.330 e. The first-order valence-electron chi connectivity index (χ1n) is 9.61. The second kappa shape index (κ2) is 8.63. The molecule has 2 aromatic carbocycles. The molecule has 0 unspecified atom stereocenters. The van der Waals surface area contributed by atoms with Gasteiger partial charge in [0, 0.05) is 13.0 Å². The van der Waals surface area contributed by atoms with Gasteiger partial charge < -0.3 is 10.1 Å². The van der Waals surface area contributed by atoms with Crippen molar-refractivity contribution in [2.45, 2.75) is 26.5 Å². The van der Waals surface area contributed by atoms with E-state index < -0.39 is 0 Å². The highest BCUT2D eigenvalue weighted by atomic mass is 35.5. The molecule has 0 fully saturated rings. The summed E-state index contributed by atoms with van der Waals surface area (Å²) >= 11 is 6.04. The van der Waals surface area contributed by atoms with Gasteiger partial charge in [-0.1, -0.05) is 42.8 Å². The van der Waals surface area contributed by atoms with Gasteiger partial charge in [0.05, 0.1) is 11.1 Å². The normalized spacial score (nSPS) is 14.8. The first-order valence-corrected chi connectivity index (χ1v) is 9.99. The summed E-state index contributed by atoms with van der Waals surface area (Å²) in [6, 6.07) is 13.7. The average Bonchev–Trinajstić information content (AvgIpc) is 3.27. The van der Waals surface area contributed by atoms with Crippen LogP contribution >= 0.6 is 11.6 Å². The monoisotopic (exact) mass is 424 g/mol. The van der Waals surface area contributed by atoms with E-state index in [0.29, 0.717) is 41.9 Å². The summed E-state index contributed by atoms with van der Waals surface area (Å²) < 4.78 is 20.4. The Morgan fingerprint density at radius 2 is 1.83 bits per heavy atom. The summed E-state index contributed by atoms with van der Waals surface area (Å²) in [6.45, 7) is 2.70. The fraction of sp³-hybridized carbons (Fsp3) is 0.174. The number of hydrogen-bond acceptors (Lipinski definition) is 3. The summed E-state index contributed by atoms with van der Waals surface area (Å²) in [7, 11) is 0. The van der Waals surface area contributed by atoms with E-state index in [0.717, 1.165) is 16.8 Å². The van der Waals surface area contributed by atoms with Gasteiger partial charge in [0.15, 0.2) is 0 Å². The van der Waals surface area contributed by atoms with Crippen LogP contribution < -0.4 is 10.1 Å². The maximum absolute atomic E-state index is 13.0. The lowest BCUT2D eigenvalue weighted by Gasteiger charge is -2.08. The van der Waals surface area contributed by atoms with Crippen molar-refractivity contribution >= 4 is 28.9 Å². The Morgan fingerprint density at radius 1 is 1.13 bits per heavy atom. The van der Waals surface area contributed by atoms with Crippen LogP contribution in [0.1, 0.15) is 24.5 Å². The minimum Gasteiger partial charge on any atom is -0.489 e. The maximum atomic E-state index is 13.0. The van der Waals surface area contributed by atoms with Crippen molar-refractivity contribution in [1.29, 1.82) is 0 Å². The molecule has 1 amide bonds. The van der Waals surface area contributed by atoms with E-state index in [-0.39, 0.29) is 11.7 Å². The van der Waals surface area contributed by atoms with Crippen LogP contribution in [0.5, 0.6) is 5.75 Å². The Labute approximate surface area is 178 Å². The zero-order chi connectivity index (χ0) is 21.1. The van der Waals surface area contributed by atoms with Crippen LogP contribution in [-0.2, 0) is 17.9 Å². The molecular weight excluding hydrogens is 405 g/mol. The summed E-state index contributed by atoms with van der Waals surface area (Å²) in [5.41, 5.74) is 3.08. The molecule has 0 aliphatic carbocycles. The zero-order valence-corrected chi connectivity index (χ0v) is 17.1. The van der Waals surface area contributed by atoms with E-state index >= 15 is 0 Å². The number of carbonyl (C=O) groups is 1. The number of aliphatic imine (C=N–C) groups is 1. The van der Waals surface area contributed by atoms with Gasteiger partial charge in [-0.3, -0.25) is 4.79 Å². The van der Waals surface area contributed by atoms with Gasteiger partial charge in [-0.2, -0.15) is 4.58 Å². The number of hydrogen-bond donors (Lipinski definition) is 1. The third kappa shape index (κ3) is 4.33. The summed E-state index contributed by atoms with van der Waals surface area (Å²) in [5, 5.41) is 3.49. The highest BCUT2D eigenvalue weighted by Gasteiger charge is 2.38. The molecule has 2 heterocycles. The minimum absolute atomic E-state index is 0.196. The zero-order valence-electron chi connectivity index (χ0n) is 16.4. The number of fused-ring (bicyclic) bond motifs is 1. The molecule has 0 bridgehead atoms. The third-order valence-electron chi connectivity index (χ3n) is 4.78. The van der Waals surface area contributed by atoms with Crippen molar-refractivity contribution < 1.29 is 18.5 Å². The second-order valence-corrected chi connectivity index (χ2v) is 7.33. The summed E-state index contributed by atoms with van der Waals surface area (Å²) in [6.07, 6.45) is 4.09. The largest absolute Gasteiger partial charge is 0.489 e. The van der Waals surface area contributed by atoms with E-state index in [4.69, 9.17) is 16.3 Å². The van der Waals surface area contributed by atoms with Crippen molar-refractivity contribution in [3.63, 3.8) is 0 Å². The van der Waals surface area contributed by atoms with Crippen molar-refractivity contribution in [3.05, 3.63) is 88.6 Å². The van der Waals surface area contributed by atoms with E-state index in [2.05, 4.69) is 10.3 Å². The molecular formula is C23H20ClFN3O2+. The number of nitrogens with one attached hydrogen (secondary N) is 1. The van der Waals surface area contributed by atoms with Gasteiger partial charge in [0.2, 0.25) is 11.4 Å². The molecule has 0 atom stereocenters. The average molecular weight is 425 g/mol. The van der Waals surface area contributed by atoms with Crippen molar-refractivity contribution in [3.8, 4) is 5.75 Å².